The van der Waals surface area contributed by atoms with E-state index in [1.807, 2.05) is 17.7 Å². The van der Waals surface area contributed by atoms with Crippen molar-refractivity contribution in [2.24, 2.45) is 0 Å². The third-order valence-corrected chi connectivity index (χ3v) is 3.68. The zero-order valence-corrected chi connectivity index (χ0v) is 13.0. The van der Waals surface area contributed by atoms with E-state index in [2.05, 4.69) is 15.9 Å². The molecule has 0 spiro atoms. The van der Waals surface area contributed by atoms with E-state index in [1.165, 1.54) is 0 Å². The number of aryl methyl sites for hydroxylation is 1. The molecule has 0 radical (unpaired) electrons. The molecule has 2 rings (SSSR count). The number of nitrogens with zero attached hydrogens (tertiary/aromatic N) is 2. The number of morpholine rings is 1. The number of carbonyl (C=O) groups is 2. The highest BCUT2D eigenvalue weighted by atomic mass is 79.9. The fourth-order valence-corrected chi connectivity index (χ4v) is 2.80. The monoisotopic (exact) mass is 344 g/mol. The summed E-state index contributed by atoms with van der Waals surface area (Å²) in [7, 11) is 0. The van der Waals surface area contributed by atoms with Crippen molar-refractivity contribution in [2.45, 2.75) is 32.6 Å². The second-order valence-electron chi connectivity index (χ2n) is 4.81. The molecule has 0 saturated carbocycles. The molecule has 6 nitrogen and oxygen atoms in total. The van der Waals surface area contributed by atoms with Gasteiger partial charge in [0.25, 0.3) is 5.91 Å². The van der Waals surface area contributed by atoms with Crippen LogP contribution in [0.25, 0.3) is 0 Å². The minimum Gasteiger partial charge on any atom is -0.479 e. The molecule has 1 aliphatic heterocycles. The molecule has 1 N–H and O–H groups in total. The molecule has 20 heavy (non-hydrogen) atoms. The molecule has 1 aromatic rings. The molecule has 1 aromatic heterocycles. The van der Waals surface area contributed by atoms with Crippen molar-refractivity contribution < 1.29 is 19.4 Å². The summed E-state index contributed by atoms with van der Waals surface area (Å²) in [5, 5.41) is 9.06. The van der Waals surface area contributed by atoms with Crippen LogP contribution in [0, 0.1) is 0 Å². The van der Waals surface area contributed by atoms with Gasteiger partial charge in [-0.05, 0) is 35.8 Å². The average Bonchev–Trinajstić information content (AvgIpc) is 2.78. The fourth-order valence-electron chi connectivity index (χ4n) is 2.33. The molecule has 1 unspecified atom stereocenters. The molecule has 1 amide bonds. The van der Waals surface area contributed by atoms with Crippen molar-refractivity contribution in [3.8, 4) is 0 Å². The number of carbonyl (C=O) groups excluding carboxylic acids is 1. The average molecular weight is 345 g/mol. The van der Waals surface area contributed by atoms with Crippen molar-refractivity contribution in [3.63, 3.8) is 0 Å². The summed E-state index contributed by atoms with van der Waals surface area (Å²) in [6, 6.07) is 1.75. The van der Waals surface area contributed by atoms with Crippen molar-refractivity contribution in [2.75, 3.05) is 13.1 Å². The highest BCUT2D eigenvalue weighted by molar-refractivity contribution is 9.10. The molecule has 0 aromatic carbocycles. The van der Waals surface area contributed by atoms with Gasteiger partial charge in [0.05, 0.1) is 12.6 Å². The number of rotatable bonds is 3. The lowest BCUT2D eigenvalue weighted by Gasteiger charge is -2.35. The predicted molar refractivity (Wildman–Crippen MR) is 75.7 cm³/mol. The van der Waals surface area contributed by atoms with Gasteiger partial charge < -0.3 is 19.3 Å². The number of aromatic nitrogens is 1. The number of hydrogen-bond acceptors (Lipinski definition) is 3. The van der Waals surface area contributed by atoms with Crippen LogP contribution in [0.2, 0.25) is 0 Å². The van der Waals surface area contributed by atoms with Gasteiger partial charge in [-0.25, -0.2) is 4.79 Å². The van der Waals surface area contributed by atoms with E-state index in [-0.39, 0.29) is 18.6 Å². The molecular weight excluding hydrogens is 328 g/mol. The lowest BCUT2D eigenvalue weighted by Crippen LogP contribution is -2.52. The zero-order valence-electron chi connectivity index (χ0n) is 11.4. The van der Waals surface area contributed by atoms with Gasteiger partial charge in [-0.1, -0.05) is 0 Å². The Balaban J connectivity index is 2.21. The Morgan fingerprint density at radius 3 is 2.80 bits per heavy atom. The molecular formula is C13H17BrN2O4. The van der Waals surface area contributed by atoms with E-state index in [0.29, 0.717) is 18.8 Å². The molecule has 7 heteroatoms. The predicted octanol–water partition coefficient (Wildman–Crippen LogP) is 1.58. The molecule has 110 valence electrons. The maximum absolute atomic E-state index is 12.5. The van der Waals surface area contributed by atoms with E-state index < -0.39 is 12.1 Å². The third-order valence-electron chi connectivity index (χ3n) is 3.25. The lowest BCUT2D eigenvalue weighted by molar-refractivity contribution is -0.160. The van der Waals surface area contributed by atoms with E-state index in [9.17, 15) is 9.59 Å². The summed E-state index contributed by atoms with van der Waals surface area (Å²) in [4.78, 5) is 25.1. The second-order valence-corrected chi connectivity index (χ2v) is 5.73. The van der Waals surface area contributed by atoms with Crippen LogP contribution in [0.5, 0.6) is 0 Å². The number of carboxylic acids is 1. The van der Waals surface area contributed by atoms with Crippen LogP contribution in [0.1, 0.15) is 24.3 Å². The topological polar surface area (TPSA) is 71.8 Å². The molecule has 1 fully saturated rings. The first-order chi connectivity index (χ1) is 9.42. The minimum absolute atomic E-state index is 0.0744. The van der Waals surface area contributed by atoms with Gasteiger partial charge in [-0.2, -0.15) is 0 Å². The van der Waals surface area contributed by atoms with Crippen LogP contribution in [0.3, 0.4) is 0 Å². The summed E-state index contributed by atoms with van der Waals surface area (Å²) >= 11 is 3.35. The van der Waals surface area contributed by atoms with Gasteiger partial charge in [-0.15, -0.1) is 0 Å². The Morgan fingerprint density at radius 2 is 2.20 bits per heavy atom. The quantitative estimate of drug-likeness (QED) is 0.903. The largest absolute Gasteiger partial charge is 0.479 e. The SMILES string of the molecule is CCn1cc(Br)cc1C(=O)N1CC(C(=O)O)O[C@H](C)C1. The van der Waals surface area contributed by atoms with E-state index in [0.717, 1.165) is 4.47 Å². The Morgan fingerprint density at radius 1 is 1.50 bits per heavy atom. The number of aliphatic carboxylic acids is 1. The number of carboxylic acid groups (broad SMARTS) is 1. The van der Waals surface area contributed by atoms with Crippen LogP contribution in [-0.4, -0.2) is 51.7 Å². The highest BCUT2D eigenvalue weighted by Gasteiger charge is 2.33. The van der Waals surface area contributed by atoms with Crippen LogP contribution in [-0.2, 0) is 16.1 Å². The number of halogens is 1. The van der Waals surface area contributed by atoms with E-state index in [4.69, 9.17) is 9.84 Å². The maximum Gasteiger partial charge on any atom is 0.334 e. The van der Waals surface area contributed by atoms with Crippen molar-refractivity contribution in [1.82, 2.24) is 9.47 Å². The van der Waals surface area contributed by atoms with Gasteiger partial charge in [0.2, 0.25) is 0 Å². The number of ether oxygens (including phenoxy) is 1. The highest BCUT2D eigenvalue weighted by Crippen LogP contribution is 2.19. The summed E-state index contributed by atoms with van der Waals surface area (Å²) in [5.41, 5.74) is 0.553. The van der Waals surface area contributed by atoms with Crippen LogP contribution in [0.4, 0.5) is 0 Å². The first-order valence-corrected chi connectivity index (χ1v) is 7.24. The Kier molecular flexibility index (Phi) is 4.49. The minimum atomic E-state index is -1.04. The van der Waals surface area contributed by atoms with Gasteiger partial charge in [0.1, 0.15) is 5.69 Å². The van der Waals surface area contributed by atoms with Crippen LogP contribution >= 0.6 is 15.9 Å². The first kappa shape index (κ1) is 15.1. The molecule has 0 bridgehead atoms. The van der Waals surface area contributed by atoms with Crippen LogP contribution in [0.15, 0.2) is 16.7 Å². The summed E-state index contributed by atoms with van der Waals surface area (Å²) in [6.07, 6.45) is 0.588. The summed E-state index contributed by atoms with van der Waals surface area (Å²) < 4.78 is 7.98. The Hall–Kier alpha value is -1.34. The van der Waals surface area contributed by atoms with Gasteiger partial charge in [-0.3, -0.25) is 4.79 Å². The van der Waals surface area contributed by atoms with E-state index in [1.54, 1.807) is 17.9 Å². The first-order valence-electron chi connectivity index (χ1n) is 6.45. The maximum atomic E-state index is 12.5. The molecule has 2 atom stereocenters. The smallest absolute Gasteiger partial charge is 0.334 e. The summed E-state index contributed by atoms with van der Waals surface area (Å²) in [6.45, 7) is 4.87. The standard InChI is InChI=1S/C13H17BrN2O4/c1-3-15-6-9(14)4-10(15)12(17)16-5-8(2)20-11(7-16)13(18)19/h4,6,8,11H,3,5,7H2,1-2H3,(H,18,19)/t8-,11?/m1/s1. The van der Waals surface area contributed by atoms with Crippen molar-refractivity contribution in [1.29, 1.82) is 0 Å². The van der Waals surface area contributed by atoms with Crippen LogP contribution < -0.4 is 0 Å². The summed E-state index contributed by atoms with van der Waals surface area (Å²) in [5.74, 6) is -1.21. The normalized spacial score (nSPS) is 22.9. The van der Waals surface area contributed by atoms with Crippen molar-refractivity contribution in [3.05, 3.63) is 22.4 Å². The molecule has 1 saturated heterocycles. The lowest BCUT2D eigenvalue weighted by atomic mass is 10.2. The second kappa shape index (κ2) is 5.97. The number of amides is 1. The van der Waals surface area contributed by atoms with Gasteiger partial charge in [0, 0.05) is 23.8 Å². The Labute approximate surface area is 125 Å². The molecule has 1 aliphatic rings. The third kappa shape index (κ3) is 3.04. The van der Waals surface area contributed by atoms with Gasteiger partial charge >= 0.3 is 5.97 Å². The van der Waals surface area contributed by atoms with Gasteiger partial charge in [0.15, 0.2) is 6.10 Å². The fraction of sp³-hybridized carbons (Fsp3) is 0.538. The molecule has 2 heterocycles. The zero-order chi connectivity index (χ0) is 14.9. The van der Waals surface area contributed by atoms with E-state index >= 15 is 0 Å². The van der Waals surface area contributed by atoms with Crippen molar-refractivity contribution >= 4 is 27.8 Å². The number of hydrogen-bond donors (Lipinski definition) is 1. The molecule has 0 aliphatic carbocycles. The Bertz CT molecular complexity index is 528.